The molecule has 0 bridgehead atoms. The van der Waals surface area contributed by atoms with Crippen LogP contribution in [0, 0.1) is 0 Å². The normalized spacial score (nSPS) is 11.3. The van der Waals surface area contributed by atoms with Crippen LogP contribution in [0.5, 0.6) is 0 Å². The fourth-order valence-corrected chi connectivity index (χ4v) is 1.37. The highest BCUT2D eigenvalue weighted by molar-refractivity contribution is 5.68. The van der Waals surface area contributed by atoms with E-state index in [2.05, 4.69) is 0 Å². The molecule has 0 atom stereocenters. The predicted octanol–water partition coefficient (Wildman–Crippen LogP) is 2.07. The van der Waals surface area contributed by atoms with Gasteiger partial charge in [-0.1, -0.05) is 44.2 Å². The van der Waals surface area contributed by atoms with Crippen molar-refractivity contribution in [1.29, 1.82) is 0 Å². The Balaban J connectivity index is 2.56. The number of carbonyl (C=O) groups is 1. The largest absolute Gasteiger partial charge is 0.480 e. The Morgan fingerprint density at radius 1 is 1.33 bits per heavy atom. The van der Waals surface area contributed by atoms with Crippen LogP contribution < -0.4 is 0 Å². The van der Waals surface area contributed by atoms with Crippen LogP contribution in [0.3, 0.4) is 0 Å². The minimum Gasteiger partial charge on any atom is -0.480 e. The average molecular weight is 208 g/mol. The smallest absolute Gasteiger partial charge is 0.329 e. The summed E-state index contributed by atoms with van der Waals surface area (Å²) in [6.07, 6.45) is 0. The van der Waals surface area contributed by atoms with Gasteiger partial charge in [0.05, 0.1) is 6.61 Å². The molecule has 3 heteroatoms. The van der Waals surface area contributed by atoms with Gasteiger partial charge in [0.1, 0.15) is 6.61 Å². The molecule has 0 spiro atoms. The summed E-state index contributed by atoms with van der Waals surface area (Å²) in [6, 6.07) is 9.93. The van der Waals surface area contributed by atoms with E-state index in [9.17, 15) is 4.79 Å². The van der Waals surface area contributed by atoms with E-state index in [4.69, 9.17) is 9.84 Å². The molecule has 0 radical (unpaired) electrons. The Labute approximate surface area is 89.7 Å². The van der Waals surface area contributed by atoms with Crippen molar-refractivity contribution in [1.82, 2.24) is 0 Å². The first-order chi connectivity index (χ1) is 7.02. The molecule has 1 aromatic carbocycles. The lowest BCUT2D eigenvalue weighted by Crippen LogP contribution is -2.25. The van der Waals surface area contributed by atoms with E-state index < -0.39 is 5.97 Å². The first-order valence-electron chi connectivity index (χ1n) is 4.87. The monoisotopic (exact) mass is 208 g/mol. The zero-order chi connectivity index (χ0) is 11.3. The number of carboxylic acid groups (broad SMARTS) is 1. The average Bonchev–Trinajstić information content (AvgIpc) is 2.18. The van der Waals surface area contributed by atoms with Crippen molar-refractivity contribution in [3.8, 4) is 0 Å². The summed E-state index contributed by atoms with van der Waals surface area (Å²) in [5.74, 6) is -0.932. The maximum Gasteiger partial charge on any atom is 0.329 e. The molecule has 0 aliphatic rings. The van der Waals surface area contributed by atoms with E-state index in [-0.39, 0.29) is 12.0 Å². The molecule has 0 unspecified atom stereocenters. The van der Waals surface area contributed by atoms with E-state index in [0.717, 1.165) is 5.56 Å². The summed E-state index contributed by atoms with van der Waals surface area (Å²) in [7, 11) is 0. The molecule has 1 rings (SSSR count). The number of ether oxygens (including phenoxy) is 1. The Bertz CT molecular complexity index is 317. The van der Waals surface area contributed by atoms with Crippen LogP contribution in [0.15, 0.2) is 30.3 Å². The molecule has 0 heterocycles. The number of aliphatic carboxylic acids is 1. The van der Waals surface area contributed by atoms with Crippen LogP contribution in [0.2, 0.25) is 0 Å². The minimum atomic E-state index is -0.932. The SMILES string of the molecule is CC(C)(COCC(=O)O)c1ccccc1. The summed E-state index contributed by atoms with van der Waals surface area (Å²) in [5.41, 5.74) is 0.992. The summed E-state index contributed by atoms with van der Waals surface area (Å²) < 4.78 is 5.11. The molecule has 0 saturated heterocycles. The van der Waals surface area contributed by atoms with Gasteiger partial charge in [0.2, 0.25) is 0 Å². The molecular formula is C12H16O3. The van der Waals surface area contributed by atoms with E-state index in [1.807, 2.05) is 44.2 Å². The first-order valence-corrected chi connectivity index (χ1v) is 4.87. The zero-order valence-corrected chi connectivity index (χ0v) is 9.06. The Hall–Kier alpha value is -1.35. The lowest BCUT2D eigenvalue weighted by Gasteiger charge is -2.24. The number of hydrogen-bond donors (Lipinski definition) is 1. The van der Waals surface area contributed by atoms with Crippen molar-refractivity contribution >= 4 is 5.97 Å². The van der Waals surface area contributed by atoms with Gasteiger partial charge in [0, 0.05) is 5.41 Å². The maximum absolute atomic E-state index is 10.3. The molecule has 0 saturated carbocycles. The van der Waals surface area contributed by atoms with Crippen molar-refractivity contribution in [3.63, 3.8) is 0 Å². The number of hydrogen-bond acceptors (Lipinski definition) is 2. The van der Waals surface area contributed by atoms with Crippen LogP contribution in [-0.2, 0) is 14.9 Å². The fourth-order valence-electron chi connectivity index (χ4n) is 1.37. The van der Waals surface area contributed by atoms with E-state index >= 15 is 0 Å². The molecule has 0 fully saturated rings. The van der Waals surface area contributed by atoms with Crippen molar-refractivity contribution in [2.24, 2.45) is 0 Å². The Kier molecular flexibility index (Phi) is 3.86. The highest BCUT2D eigenvalue weighted by Crippen LogP contribution is 2.22. The van der Waals surface area contributed by atoms with E-state index in [1.54, 1.807) is 0 Å². The van der Waals surface area contributed by atoms with Crippen LogP contribution in [0.25, 0.3) is 0 Å². The molecule has 1 N–H and O–H groups in total. The maximum atomic E-state index is 10.3. The van der Waals surface area contributed by atoms with Gasteiger partial charge in [-0.3, -0.25) is 0 Å². The molecule has 0 aromatic heterocycles. The predicted molar refractivity (Wildman–Crippen MR) is 57.9 cm³/mol. The van der Waals surface area contributed by atoms with Gasteiger partial charge in [0.15, 0.2) is 0 Å². The highest BCUT2D eigenvalue weighted by Gasteiger charge is 2.20. The third-order valence-electron chi connectivity index (χ3n) is 2.24. The fraction of sp³-hybridized carbons (Fsp3) is 0.417. The van der Waals surface area contributed by atoms with E-state index in [1.165, 1.54) is 0 Å². The van der Waals surface area contributed by atoms with Crippen LogP contribution in [0.1, 0.15) is 19.4 Å². The van der Waals surface area contributed by atoms with E-state index in [0.29, 0.717) is 6.61 Å². The number of carboxylic acids is 1. The number of benzene rings is 1. The molecule has 0 aliphatic heterocycles. The molecule has 1 aromatic rings. The quantitative estimate of drug-likeness (QED) is 0.805. The topological polar surface area (TPSA) is 46.5 Å². The highest BCUT2D eigenvalue weighted by atomic mass is 16.5. The van der Waals surface area contributed by atoms with Crippen LogP contribution >= 0.6 is 0 Å². The lowest BCUT2D eigenvalue weighted by molar-refractivity contribution is -0.142. The molecule has 0 amide bonds. The second-order valence-corrected chi connectivity index (χ2v) is 4.14. The van der Waals surface area contributed by atoms with Gasteiger partial charge < -0.3 is 9.84 Å². The molecule has 15 heavy (non-hydrogen) atoms. The molecular weight excluding hydrogens is 192 g/mol. The Morgan fingerprint density at radius 2 is 1.93 bits per heavy atom. The number of rotatable bonds is 5. The van der Waals surface area contributed by atoms with Gasteiger partial charge in [-0.25, -0.2) is 4.79 Å². The third kappa shape index (κ3) is 3.72. The first kappa shape index (κ1) is 11.7. The minimum absolute atomic E-state index is 0.156. The van der Waals surface area contributed by atoms with Crippen molar-refractivity contribution in [2.75, 3.05) is 13.2 Å². The second kappa shape index (κ2) is 4.94. The molecule has 82 valence electrons. The van der Waals surface area contributed by atoms with Gasteiger partial charge >= 0.3 is 5.97 Å². The van der Waals surface area contributed by atoms with Crippen LogP contribution in [0.4, 0.5) is 0 Å². The van der Waals surface area contributed by atoms with Gasteiger partial charge in [-0.05, 0) is 5.56 Å². The second-order valence-electron chi connectivity index (χ2n) is 4.14. The lowest BCUT2D eigenvalue weighted by atomic mass is 9.86. The summed E-state index contributed by atoms with van der Waals surface area (Å²) >= 11 is 0. The van der Waals surface area contributed by atoms with Crippen molar-refractivity contribution < 1.29 is 14.6 Å². The van der Waals surface area contributed by atoms with Crippen LogP contribution in [-0.4, -0.2) is 24.3 Å². The summed E-state index contributed by atoms with van der Waals surface area (Å²) in [5, 5.41) is 8.46. The molecule has 3 nitrogen and oxygen atoms in total. The zero-order valence-electron chi connectivity index (χ0n) is 9.06. The standard InChI is InChI=1S/C12H16O3/c1-12(2,9-15-8-11(13)14)10-6-4-3-5-7-10/h3-7H,8-9H2,1-2H3,(H,13,14). The van der Waals surface area contributed by atoms with Gasteiger partial charge in [-0.2, -0.15) is 0 Å². The van der Waals surface area contributed by atoms with Crippen molar-refractivity contribution in [3.05, 3.63) is 35.9 Å². The third-order valence-corrected chi connectivity index (χ3v) is 2.24. The molecule has 0 aliphatic carbocycles. The summed E-state index contributed by atoms with van der Waals surface area (Å²) in [4.78, 5) is 10.3. The van der Waals surface area contributed by atoms with Gasteiger partial charge in [-0.15, -0.1) is 0 Å². The summed E-state index contributed by atoms with van der Waals surface area (Å²) in [6.45, 7) is 4.23. The Morgan fingerprint density at radius 3 is 2.47 bits per heavy atom. The van der Waals surface area contributed by atoms with Crippen molar-refractivity contribution in [2.45, 2.75) is 19.3 Å². The van der Waals surface area contributed by atoms with Gasteiger partial charge in [0.25, 0.3) is 0 Å².